The number of ether oxygens (including phenoxy) is 1. The molecule has 0 fully saturated rings. The van der Waals surface area contributed by atoms with Crippen LogP contribution in [0, 0.1) is 0 Å². The van der Waals surface area contributed by atoms with E-state index in [4.69, 9.17) is 4.74 Å². The van der Waals surface area contributed by atoms with Gasteiger partial charge in [-0.3, -0.25) is 0 Å². The summed E-state index contributed by atoms with van der Waals surface area (Å²) in [6.45, 7) is 0. The van der Waals surface area contributed by atoms with Crippen molar-refractivity contribution < 1.29 is 14.6 Å². The number of aryl methyl sites for hydroxylation is 1. The normalized spacial score (nSPS) is 11.4. The zero-order chi connectivity index (χ0) is 13.8. The Morgan fingerprint density at radius 3 is 2.68 bits per heavy atom. The standard InChI is InChI=1S/C15H15NO3/c1-16-8-4-7-14(16)13(15(17)18)10-11-5-3-6-12(9-11)19-2/h3-10H,1-2H3,(H,17,18). The Morgan fingerprint density at radius 1 is 1.32 bits per heavy atom. The first-order valence-corrected chi connectivity index (χ1v) is 5.82. The van der Waals surface area contributed by atoms with Crippen LogP contribution in [-0.2, 0) is 11.8 Å². The van der Waals surface area contributed by atoms with E-state index in [0.717, 1.165) is 5.56 Å². The van der Waals surface area contributed by atoms with Crippen molar-refractivity contribution in [1.29, 1.82) is 0 Å². The van der Waals surface area contributed by atoms with Crippen LogP contribution in [0.1, 0.15) is 11.3 Å². The maximum absolute atomic E-state index is 11.4. The van der Waals surface area contributed by atoms with Gasteiger partial charge in [0.2, 0.25) is 0 Å². The highest BCUT2D eigenvalue weighted by molar-refractivity contribution is 6.20. The van der Waals surface area contributed by atoms with E-state index in [0.29, 0.717) is 11.4 Å². The van der Waals surface area contributed by atoms with Crippen LogP contribution in [0.4, 0.5) is 0 Å². The van der Waals surface area contributed by atoms with Crippen LogP contribution in [0.15, 0.2) is 42.6 Å². The highest BCUT2D eigenvalue weighted by atomic mass is 16.5. The number of hydrogen-bond acceptors (Lipinski definition) is 2. The van der Waals surface area contributed by atoms with Gasteiger partial charge in [0.1, 0.15) is 5.75 Å². The van der Waals surface area contributed by atoms with Gasteiger partial charge in [0.15, 0.2) is 0 Å². The number of nitrogens with zero attached hydrogens (tertiary/aromatic N) is 1. The molecule has 0 bridgehead atoms. The smallest absolute Gasteiger partial charge is 0.337 e. The first-order valence-electron chi connectivity index (χ1n) is 5.82. The van der Waals surface area contributed by atoms with E-state index in [9.17, 15) is 9.90 Å². The number of carboxylic acid groups (broad SMARTS) is 1. The largest absolute Gasteiger partial charge is 0.497 e. The molecule has 0 unspecified atom stereocenters. The molecule has 4 heteroatoms. The Labute approximate surface area is 111 Å². The van der Waals surface area contributed by atoms with E-state index in [1.54, 1.807) is 29.9 Å². The third kappa shape index (κ3) is 2.85. The Kier molecular flexibility index (Phi) is 3.71. The van der Waals surface area contributed by atoms with Crippen molar-refractivity contribution in [3.8, 4) is 5.75 Å². The number of aliphatic carboxylic acids is 1. The van der Waals surface area contributed by atoms with Crippen LogP contribution in [0.25, 0.3) is 11.6 Å². The first kappa shape index (κ1) is 13.0. The van der Waals surface area contributed by atoms with Crippen LogP contribution in [0.3, 0.4) is 0 Å². The van der Waals surface area contributed by atoms with Gasteiger partial charge in [-0.1, -0.05) is 12.1 Å². The fourth-order valence-electron chi connectivity index (χ4n) is 1.88. The minimum Gasteiger partial charge on any atom is -0.497 e. The summed E-state index contributed by atoms with van der Waals surface area (Å²) in [4.78, 5) is 11.4. The molecule has 0 aliphatic rings. The molecule has 0 saturated heterocycles. The molecule has 0 saturated carbocycles. The van der Waals surface area contributed by atoms with Gasteiger partial charge in [-0.2, -0.15) is 0 Å². The summed E-state index contributed by atoms with van der Waals surface area (Å²) in [6.07, 6.45) is 3.46. The van der Waals surface area contributed by atoms with Crippen molar-refractivity contribution in [2.24, 2.45) is 7.05 Å². The second-order valence-corrected chi connectivity index (χ2v) is 4.14. The number of rotatable bonds is 4. The summed E-state index contributed by atoms with van der Waals surface area (Å²) in [6, 6.07) is 10.9. The van der Waals surface area contributed by atoms with Gasteiger partial charge in [0.05, 0.1) is 18.4 Å². The zero-order valence-electron chi connectivity index (χ0n) is 10.8. The third-order valence-corrected chi connectivity index (χ3v) is 2.85. The van der Waals surface area contributed by atoms with E-state index in [2.05, 4.69) is 0 Å². The molecule has 2 aromatic rings. The molecule has 0 radical (unpaired) electrons. The summed E-state index contributed by atoms with van der Waals surface area (Å²) in [5.41, 5.74) is 1.70. The fraction of sp³-hybridized carbons (Fsp3) is 0.133. The number of benzene rings is 1. The lowest BCUT2D eigenvalue weighted by atomic mass is 10.1. The number of hydrogen-bond donors (Lipinski definition) is 1. The van der Waals surface area contributed by atoms with E-state index < -0.39 is 5.97 Å². The van der Waals surface area contributed by atoms with E-state index in [1.807, 2.05) is 37.5 Å². The number of methoxy groups -OCH3 is 1. The summed E-state index contributed by atoms with van der Waals surface area (Å²) >= 11 is 0. The van der Waals surface area contributed by atoms with Crippen molar-refractivity contribution in [2.75, 3.05) is 7.11 Å². The van der Waals surface area contributed by atoms with Crippen molar-refractivity contribution in [1.82, 2.24) is 4.57 Å². The van der Waals surface area contributed by atoms with Gasteiger partial charge in [-0.05, 0) is 35.9 Å². The Balaban J connectivity index is 2.47. The van der Waals surface area contributed by atoms with Crippen molar-refractivity contribution in [3.05, 3.63) is 53.9 Å². The number of carbonyl (C=O) groups is 1. The molecule has 0 aliphatic carbocycles. The lowest BCUT2D eigenvalue weighted by Gasteiger charge is -2.05. The highest BCUT2D eigenvalue weighted by Gasteiger charge is 2.13. The number of carboxylic acids is 1. The molecule has 0 amide bonds. The van der Waals surface area contributed by atoms with Crippen molar-refractivity contribution in [2.45, 2.75) is 0 Å². The second kappa shape index (κ2) is 5.44. The van der Waals surface area contributed by atoms with Gasteiger partial charge < -0.3 is 14.4 Å². The topological polar surface area (TPSA) is 51.5 Å². The SMILES string of the molecule is COc1cccc(C=C(C(=O)O)c2cccn2C)c1. The molecule has 1 aromatic heterocycles. The molecular weight excluding hydrogens is 242 g/mol. The molecule has 1 N–H and O–H groups in total. The van der Waals surface area contributed by atoms with Crippen LogP contribution in [0.2, 0.25) is 0 Å². The average molecular weight is 257 g/mol. The quantitative estimate of drug-likeness (QED) is 0.857. The van der Waals surface area contributed by atoms with Gasteiger partial charge in [-0.25, -0.2) is 4.79 Å². The summed E-state index contributed by atoms with van der Waals surface area (Å²) in [5.74, 6) is -0.255. The molecule has 1 heterocycles. The van der Waals surface area contributed by atoms with E-state index in [-0.39, 0.29) is 5.57 Å². The predicted octanol–water partition coefficient (Wildman–Crippen LogP) is 2.66. The summed E-state index contributed by atoms with van der Waals surface area (Å²) in [7, 11) is 3.40. The lowest BCUT2D eigenvalue weighted by molar-refractivity contribution is -0.130. The van der Waals surface area contributed by atoms with Gasteiger partial charge in [-0.15, -0.1) is 0 Å². The van der Waals surface area contributed by atoms with Crippen LogP contribution >= 0.6 is 0 Å². The molecule has 4 nitrogen and oxygen atoms in total. The van der Waals surface area contributed by atoms with E-state index in [1.165, 1.54) is 0 Å². The van der Waals surface area contributed by atoms with Gasteiger partial charge in [0.25, 0.3) is 0 Å². The second-order valence-electron chi connectivity index (χ2n) is 4.14. The van der Waals surface area contributed by atoms with Crippen molar-refractivity contribution >= 4 is 17.6 Å². The van der Waals surface area contributed by atoms with E-state index >= 15 is 0 Å². The summed E-state index contributed by atoms with van der Waals surface area (Å²) in [5, 5.41) is 9.34. The molecule has 2 rings (SSSR count). The molecule has 0 aliphatic heterocycles. The maximum Gasteiger partial charge on any atom is 0.337 e. The molecule has 19 heavy (non-hydrogen) atoms. The third-order valence-electron chi connectivity index (χ3n) is 2.85. The highest BCUT2D eigenvalue weighted by Crippen LogP contribution is 2.21. The average Bonchev–Trinajstić information content (AvgIpc) is 2.82. The minimum atomic E-state index is -0.954. The van der Waals surface area contributed by atoms with Gasteiger partial charge >= 0.3 is 5.97 Å². The Hall–Kier alpha value is -2.49. The maximum atomic E-state index is 11.4. The zero-order valence-corrected chi connectivity index (χ0v) is 10.8. The molecule has 1 aromatic carbocycles. The molecular formula is C15H15NO3. The minimum absolute atomic E-state index is 0.251. The molecule has 98 valence electrons. The predicted molar refractivity (Wildman–Crippen MR) is 73.9 cm³/mol. The van der Waals surface area contributed by atoms with Gasteiger partial charge in [0, 0.05) is 13.2 Å². The van der Waals surface area contributed by atoms with Crippen LogP contribution < -0.4 is 4.74 Å². The summed E-state index contributed by atoms with van der Waals surface area (Å²) < 4.78 is 6.91. The first-order chi connectivity index (χ1) is 9.11. The Bertz CT molecular complexity index is 626. The molecule has 0 spiro atoms. The monoisotopic (exact) mass is 257 g/mol. The Morgan fingerprint density at radius 2 is 2.11 bits per heavy atom. The van der Waals surface area contributed by atoms with Crippen LogP contribution in [0.5, 0.6) is 5.75 Å². The lowest BCUT2D eigenvalue weighted by Crippen LogP contribution is -2.04. The van der Waals surface area contributed by atoms with Crippen molar-refractivity contribution in [3.63, 3.8) is 0 Å². The number of aromatic nitrogens is 1. The molecule has 0 atom stereocenters. The van der Waals surface area contributed by atoms with Crippen LogP contribution in [-0.4, -0.2) is 22.8 Å². The fourth-order valence-corrected chi connectivity index (χ4v) is 1.88.